The van der Waals surface area contributed by atoms with Crippen molar-refractivity contribution in [3.05, 3.63) is 42.0 Å². The van der Waals surface area contributed by atoms with Gasteiger partial charge in [-0.25, -0.2) is 0 Å². The number of hydrogen-bond acceptors (Lipinski definition) is 3. The molecule has 0 saturated carbocycles. The highest BCUT2D eigenvalue weighted by molar-refractivity contribution is 7.80. The summed E-state index contributed by atoms with van der Waals surface area (Å²) in [5.41, 5.74) is 1.25. The van der Waals surface area contributed by atoms with Crippen LogP contribution in [0.2, 0.25) is 0 Å². The first kappa shape index (κ1) is 15.7. The molecular formula is C17H19F2NOS. The predicted octanol–water partition coefficient (Wildman–Crippen LogP) is 3.98. The van der Waals surface area contributed by atoms with Crippen molar-refractivity contribution in [2.24, 2.45) is 0 Å². The van der Waals surface area contributed by atoms with Gasteiger partial charge in [0.2, 0.25) is 0 Å². The Balaban J connectivity index is 1.65. The van der Waals surface area contributed by atoms with Crippen LogP contribution in [0.5, 0.6) is 0 Å². The molecule has 1 aliphatic rings. The third kappa shape index (κ3) is 3.59. The molecule has 1 fully saturated rings. The number of rotatable bonds is 5. The lowest BCUT2D eigenvalue weighted by Gasteiger charge is -2.17. The molecule has 0 radical (unpaired) electrons. The number of hydrogen-bond donors (Lipinski definition) is 1. The second-order valence-electron chi connectivity index (χ2n) is 5.65. The summed E-state index contributed by atoms with van der Waals surface area (Å²) in [7, 11) is 0. The van der Waals surface area contributed by atoms with Gasteiger partial charge in [0.05, 0.1) is 6.10 Å². The summed E-state index contributed by atoms with van der Waals surface area (Å²) in [6.45, 7) is -0.418. The fraction of sp³-hybridized carbons (Fsp3) is 0.412. The largest absolute Gasteiger partial charge is 0.345 e. The molecule has 0 bridgehead atoms. The number of nitrogens with zero attached hydrogens (tertiary/aromatic N) is 1. The Labute approximate surface area is 134 Å². The predicted molar refractivity (Wildman–Crippen MR) is 86.8 cm³/mol. The van der Waals surface area contributed by atoms with E-state index >= 15 is 0 Å². The van der Waals surface area contributed by atoms with Gasteiger partial charge in [-0.1, -0.05) is 30.3 Å². The van der Waals surface area contributed by atoms with E-state index in [9.17, 15) is 8.78 Å². The molecule has 1 aliphatic heterocycles. The van der Waals surface area contributed by atoms with E-state index in [0.717, 1.165) is 24.4 Å². The topological polar surface area (TPSA) is 12.5 Å². The summed E-state index contributed by atoms with van der Waals surface area (Å²) in [6, 6.07) is 12.3. The van der Waals surface area contributed by atoms with Crippen molar-refractivity contribution in [2.75, 3.05) is 19.6 Å². The molecular weight excluding hydrogens is 304 g/mol. The van der Waals surface area contributed by atoms with Crippen LogP contribution in [0.3, 0.4) is 0 Å². The average molecular weight is 323 g/mol. The minimum absolute atomic E-state index is 0.340. The van der Waals surface area contributed by atoms with Crippen LogP contribution >= 0.6 is 12.6 Å². The molecule has 2 aromatic rings. The molecule has 5 heteroatoms. The van der Waals surface area contributed by atoms with Crippen LogP contribution in [0.4, 0.5) is 8.78 Å². The lowest BCUT2D eigenvalue weighted by atomic mass is 10.0. The molecule has 0 spiro atoms. The Morgan fingerprint density at radius 2 is 2.00 bits per heavy atom. The molecule has 0 amide bonds. The summed E-state index contributed by atoms with van der Waals surface area (Å²) in [4.78, 5) is 3.17. The van der Waals surface area contributed by atoms with E-state index in [0.29, 0.717) is 13.0 Å². The quantitative estimate of drug-likeness (QED) is 0.836. The van der Waals surface area contributed by atoms with Crippen molar-refractivity contribution >= 4 is 23.4 Å². The zero-order valence-corrected chi connectivity index (χ0v) is 13.1. The normalized spacial score (nSPS) is 19.4. The van der Waals surface area contributed by atoms with Gasteiger partial charge >= 0.3 is 6.61 Å². The molecule has 3 rings (SSSR count). The van der Waals surface area contributed by atoms with Crippen LogP contribution in [0, 0.1) is 0 Å². The van der Waals surface area contributed by atoms with E-state index in [1.165, 1.54) is 16.3 Å². The Hall–Kier alpha value is -1.17. The molecule has 1 heterocycles. The summed E-state index contributed by atoms with van der Waals surface area (Å²) in [5, 5.41) is 2.37. The molecule has 2 nitrogen and oxygen atoms in total. The molecule has 2 aromatic carbocycles. The molecule has 0 N–H and O–H groups in total. The maximum absolute atomic E-state index is 12.2. The number of thiol groups is 1. The van der Waals surface area contributed by atoms with Crippen LogP contribution in [0.1, 0.15) is 12.0 Å². The number of fused-ring (bicyclic) bond motifs is 1. The van der Waals surface area contributed by atoms with Crippen molar-refractivity contribution < 1.29 is 13.5 Å². The van der Waals surface area contributed by atoms with Gasteiger partial charge in [-0.05, 0) is 35.2 Å². The summed E-state index contributed by atoms with van der Waals surface area (Å²) < 4.78 is 29.1. The third-order valence-corrected chi connectivity index (χ3v) is 4.56. The first-order chi connectivity index (χ1) is 10.6. The summed E-state index contributed by atoms with van der Waals surface area (Å²) >= 11 is 4.56. The lowest BCUT2D eigenvalue weighted by Crippen LogP contribution is -2.26. The smallest absolute Gasteiger partial charge is 0.318 e. The van der Waals surface area contributed by atoms with Crippen LogP contribution in [-0.2, 0) is 11.2 Å². The van der Waals surface area contributed by atoms with E-state index in [4.69, 9.17) is 0 Å². The van der Waals surface area contributed by atoms with E-state index < -0.39 is 6.61 Å². The van der Waals surface area contributed by atoms with Crippen molar-refractivity contribution in [1.29, 1.82) is 0 Å². The van der Waals surface area contributed by atoms with E-state index in [2.05, 4.69) is 46.5 Å². The van der Waals surface area contributed by atoms with Crippen LogP contribution < -0.4 is 0 Å². The van der Waals surface area contributed by atoms with Crippen LogP contribution in [-0.4, -0.2) is 37.2 Å². The minimum Gasteiger partial charge on any atom is -0.318 e. The first-order valence-electron chi connectivity index (χ1n) is 7.49. The van der Waals surface area contributed by atoms with E-state index in [-0.39, 0.29) is 6.10 Å². The van der Waals surface area contributed by atoms with Gasteiger partial charge in [0, 0.05) is 24.5 Å². The second kappa shape index (κ2) is 6.94. The Bertz CT molecular complexity index is 644. The van der Waals surface area contributed by atoms with Crippen molar-refractivity contribution in [1.82, 2.24) is 4.90 Å². The van der Waals surface area contributed by atoms with Crippen molar-refractivity contribution in [3.8, 4) is 0 Å². The highest BCUT2D eigenvalue weighted by Crippen LogP contribution is 2.26. The summed E-state index contributed by atoms with van der Waals surface area (Å²) in [5.74, 6) is 0. The highest BCUT2D eigenvalue weighted by atomic mass is 32.1. The fourth-order valence-corrected chi connectivity index (χ4v) is 3.50. The van der Waals surface area contributed by atoms with Crippen molar-refractivity contribution in [2.45, 2.75) is 30.5 Å². The number of likely N-dealkylation sites (tertiary alicyclic amines) is 1. The van der Waals surface area contributed by atoms with Gasteiger partial charge in [-0.15, -0.1) is 12.6 Å². The molecule has 0 aliphatic carbocycles. The third-order valence-electron chi connectivity index (χ3n) is 4.19. The second-order valence-corrected chi connectivity index (χ2v) is 6.13. The molecule has 22 heavy (non-hydrogen) atoms. The molecule has 0 unspecified atom stereocenters. The highest BCUT2D eigenvalue weighted by Gasteiger charge is 2.25. The number of alkyl halides is 2. The number of ether oxygens (including phenoxy) is 1. The number of halogens is 2. The van der Waals surface area contributed by atoms with Gasteiger partial charge in [-0.2, -0.15) is 8.78 Å². The van der Waals surface area contributed by atoms with Gasteiger partial charge in [0.25, 0.3) is 0 Å². The Morgan fingerprint density at radius 3 is 2.77 bits per heavy atom. The SMILES string of the molecule is FC(F)O[C@H]1CCN(CCc2cccc3cccc(S)c23)C1. The zero-order valence-electron chi connectivity index (χ0n) is 12.2. The Kier molecular flexibility index (Phi) is 4.96. The Morgan fingerprint density at radius 1 is 1.23 bits per heavy atom. The van der Waals surface area contributed by atoms with E-state index in [1.807, 2.05) is 12.1 Å². The molecule has 1 atom stereocenters. The van der Waals surface area contributed by atoms with E-state index in [1.54, 1.807) is 0 Å². The first-order valence-corrected chi connectivity index (χ1v) is 7.94. The molecule has 1 saturated heterocycles. The molecule has 118 valence electrons. The lowest BCUT2D eigenvalue weighted by molar-refractivity contribution is -0.158. The monoisotopic (exact) mass is 323 g/mol. The minimum atomic E-state index is -2.67. The van der Waals surface area contributed by atoms with Crippen LogP contribution in [0.25, 0.3) is 10.8 Å². The van der Waals surface area contributed by atoms with Crippen LogP contribution in [0.15, 0.2) is 41.3 Å². The average Bonchev–Trinajstić information content (AvgIpc) is 2.92. The summed E-state index contributed by atoms with van der Waals surface area (Å²) in [6.07, 6.45) is 1.22. The van der Waals surface area contributed by atoms with Gasteiger partial charge in [-0.3, -0.25) is 0 Å². The maximum atomic E-state index is 12.2. The van der Waals surface area contributed by atoms with Crippen molar-refractivity contribution in [3.63, 3.8) is 0 Å². The fourth-order valence-electron chi connectivity index (χ4n) is 3.14. The number of benzene rings is 2. The maximum Gasteiger partial charge on any atom is 0.345 e. The molecule has 0 aromatic heterocycles. The van der Waals surface area contributed by atoms with Gasteiger partial charge < -0.3 is 9.64 Å². The van der Waals surface area contributed by atoms with Gasteiger partial charge in [0.1, 0.15) is 0 Å². The van der Waals surface area contributed by atoms with Gasteiger partial charge in [0.15, 0.2) is 0 Å². The zero-order chi connectivity index (χ0) is 15.5. The standard InChI is InChI=1S/C17H19F2NOS/c18-17(19)21-14-8-10-20(11-14)9-7-13-4-1-3-12-5-2-6-15(22)16(12)13/h1-6,14,17,22H,7-11H2/t14-/m0/s1.